The number of ether oxygens (including phenoxy) is 1. The van der Waals surface area contributed by atoms with Gasteiger partial charge in [-0.05, 0) is 115 Å². The van der Waals surface area contributed by atoms with Crippen LogP contribution in [0.4, 0.5) is 0 Å². The summed E-state index contributed by atoms with van der Waals surface area (Å²) in [5.74, 6) is 3.39. The van der Waals surface area contributed by atoms with Crippen molar-refractivity contribution in [1.82, 2.24) is 14.9 Å². The summed E-state index contributed by atoms with van der Waals surface area (Å²) in [5.41, 5.74) is 4.50. The molecule has 39 heavy (non-hydrogen) atoms. The molecule has 0 radical (unpaired) electrons. The molecular weight excluding hydrogens is 550 g/mol. The van der Waals surface area contributed by atoms with Crippen molar-refractivity contribution in [3.63, 3.8) is 0 Å². The highest BCUT2D eigenvalue weighted by atomic mass is 79.9. The molecule has 2 aromatic carbocycles. The summed E-state index contributed by atoms with van der Waals surface area (Å²) in [6.07, 6.45) is 13.8. The van der Waals surface area contributed by atoms with Gasteiger partial charge in [0.05, 0.1) is 6.42 Å². The van der Waals surface area contributed by atoms with E-state index in [0.29, 0.717) is 13.0 Å². The molecule has 5 nitrogen and oxygen atoms in total. The summed E-state index contributed by atoms with van der Waals surface area (Å²) < 4.78 is 9.48. The number of rotatable bonds is 8. The first-order chi connectivity index (χ1) is 19.0. The zero-order valence-corrected chi connectivity index (χ0v) is 23.7. The molecule has 6 heteroatoms. The monoisotopic (exact) mass is 583 g/mol. The Morgan fingerprint density at radius 3 is 2.33 bits per heavy atom. The summed E-state index contributed by atoms with van der Waals surface area (Å²) in [6, 6.07) is 18.6. The number of nitrogens with zero attached hydrogens (tertiary/aromatic N) is 2. The molecule has 4 saturated carbocycles. The van der Waals surface area contributed by atoms with E-state index in [2.05, 4.69) is 73.4 Å². The Morgan fingerprint density at radius 2 is 1.64 bits per heavy atom. The third-order valence-electron chi connectivity index (χ3n) is 9.15. The number of hydrogen-bond acceptors (Lipinski definition) is 3. The zero-order valence-electron chi connectivity index (χ0n) is 22.1. The van der Waals surface area contributed by atoms with Gasteiger partial charge in [-0.25, -0.2) is 0 Å². The lowest BCUT2D eigenvalue weighted by atomic mass is 9.53. The second-order valence-corrected chi connectivity index (χ2v) is 13.1. The highest BCUT2D eigenvalue weighted by molar-refractivity contribution is 9.10. The van der Waals surface area contributed by atoms with Crippen LogP contribution in [0.1, 0.15) is 55.2 Å². The van der Waals surface area contributed by atoms with Gasteiger partial charge in [-0.1, -0.05) is 28.1 Å². The molecule has 4 aliphatic rings. The predicted molar refractivity (Wildman–Crippen MR) is 157 cm³/mol. The number of aromatic nitrogens is 2. The fourth-order valence-electron chi connectivity index (χ4n) is 7.92. The molecule has 0 atom stereocenters. The van der Waals surface area contributed by atoms with E-state index in [1.165, 1.54) is 44.1 Å². The molecule has 4 bridgehead atoms. The lowest BCUT2D eigenvalue weighted by Crippen LogP contribution is -2.60. The summed E-state index contributed by atoms with van der Waals surface area (Å²) in [5, 5.41) is 4.66. The highest BCUT2D eigenvalue weighted by Gasteiger charge is 2.51. The van der Waals surface area contributed by atoms with Crippen LogP contribution in [0.25, 0.3) is 10.9 Å². The standard InChI is InChI=1S/C33H34BrN3O2/c34-28-3-1-22(2-4-28)19-37-20-27(14-32(38)36-33-16-24-11-25(17-33)13-26(12-24)18-33)30-15-29(5-6-31(30)37)39-21-23-7-9-35-10-8-23/h1-10,15,20,24-26H,11-14,16-19,21H2,(H,36,38). The maximum Gasteiger partial charge on any atom is 0.224 e. The van der Waals surface area contributed by atoms with Crippen molar-refractivity contribution in [2.24, 2.45) is 17.8 Å². The minimum atomic E-state index is 0.0282. The van der Waals surface area contributed by atoms with E-state index in [4.69, 9.17) is 4.74 Å². The van der Waals surface area contributed by atoms with Crippen LogP contribution in [0, 0.1) is 17.8 Å². The van der Waals surface area contributed by atoms with Gasteiger partial charge in [-0.3, -0.25) is 9.78 Å². The molecule has 0 unspecified atom stereocenters. The first-order valence-corrected chi connectivity index (χ1v) is 15.0. The molecule has 2 aromatic heterocycles. The molecule has 0 spiro atoms. The summed E-state index contributed by atoms with van der Waals surface area (Å²) in [4.78, 5) is 17.7. The van der Waals surface area contributed by atoms with Crippen LogP contribution in [0.5, 0.6) is 5.75 Å². The number of hydrogen-bond donors (Lipinski definition) is 1. The molecule has 0 saturated heterocycles. The molecule has 8 rings (SSSR count). The van der Waals surface area contributed by atoms with E-state index in [1.54, 1.807) is 12.4 Å². The lowest BCUT2D eigenvalue weighted by molar-refractivity contribution is -0.126. The number of pyridine rings is 1. The Balaban J connectivity index is 1.15. The Labute approximate surface area is 238 Å². The first-order valence-electron chi connectivity index (χ1n) is 14.2. The Bertz CT molecular complexity index is 1460. The minimum Gasteiger partial charge on any atom is -0.489 e. The van der Waals surface area contributed by atoms with Gasteiger partial charge in [0.2, 0.25) is 5.91 Å². The smallest absolute Gasteiger partial charge is 0.224 e. The van der Waals surface area contributed by atoms with Gasteiger partial charge in [0, 0.05) is 46.0 Å². The molecular formula is C33H34BrN3O2. The zero-order chi connectivity index (χ0) is 26.4. The number of nitrogens with one attached hydrogen (secondary N) is 1. The molecule has 0 aliphatic heterocycles. The van der Waals surface area contributed by atoms with E-state index in [9.17, 15) is 4.79 Å². The molecule has 1 N–H and O–H groups in total. The second-order valence-electron chi connectivity index (χ2n) is 12.2. The van der Waals surface area contributed by atoms with Gasteiger partial charge < -0.3 is 14.6 Å². The molecule has 4 aromatic rings. The Hall–Kier alpha value is -3.12. The van der Waals surface area contributed by atoms with Gasteiger partial charge in [0.1, 0.15) is 12.4 Å². The topological polar surface area (TPSA) is 56.2 Å². The fraction of sp³-hybridized carbons (Fsp3) is 0.394. The molecule has 1 amide bonds. The van der Waals surface area contributed by atoms with Crippen LogP contribution in [-0.4, -0.2) is 21.0 Å². The fourth-order valence-corrected chi connectivity index (χ4v) is 8.18. The lowest BCUT2D eigenvalue weighted by Gasteiger charge is -2.56. The van der Waals surface area contributed by atoms with Crippen molar-refractivity contribution in [1.29, 1.82) is 0 Å². The van der Waals surface area contributed by atoms with E-state index in [1.807, 2.05) is 18.2 Å². The van der Waals surface area contributed by atoms with Crippen molar-refractivity contribution < 1.29 is 9.53 Å². The van der Waals surface area contributed by atoms with E-state index in [0.717, 1.165) is 56.6 Å². The Kier molecular flexibility index (Phi) is 6.46. The molecule has 4 fully saturated rings. The molecule has 4 aliphatic carbocycles. The van der Waals surface area contributed by atoms with Crippen LogP contribution >= 0.6 is 15.9 Å². The minimum absolute atomic E-state index is 0.0282. The van der Waals surface area contributed by atoms with Gasteiger partial charge in [0.15, 0.2) is 0 Å². The van der Waals surface area contributed by atoms with Gasteiger partial charge in [0.25, 0.3) is 0 Å². The van der Waals surface area contributed by atoms with Gasteiger partial charge in [-0.2, -0.15) is 0 Å². The van der Waals surface area contributed by atoms with Crippen LogP contribution in [0.15, 0.2) is 77.7 Å². The average Bonchev–Trinajstić information content (AvgIpc) is 3.24. The van der Waals surface area contributed by atoms with Crippen molar-refractivity contribution >= 4 is 32.7 Å². The molecule has 200 valence electrons. The van der Waals surface area contributed by atoms with Crippen molar-refractivity contribution in [3.8, 4) is 5.75 Å². The maximum atomic E-state index is 13.6. The normalized spacial score (nSPS) is 25.2. The number of fused-ring (bicyclic) bond motifs is 1. The van der Waals surface area contributed by atoms with Crippen LogP contribution in [-0.2, 0) is 24.4 Å². The van der Waals surface area contributed by atoms with E-state index < -0.39 is 0 Å². The van der Waals surface area contributed by atoms with Gasteiger partial charge >= 0.3 is 0 Å². The number of benzene rings is 2. The second kappa shape index (κ2) is 10.1. The predicted octanol–water partition coefficient (Wildman–Crippen LogP) is 7.05. The third kappa shape index (κ3) is 5.23. The van der Waals surface area contributed by atoms with Crippen molar-refractivity contribution in [3.05, 3.63) is 94.4 Å². The SMILES string of the molecule is O=C(Cc1cn(Cc2ccc(Br)cc2)c2ccc(OCc3ccncc3)cc12)NC12CC3CC(CC(C3)C1)C2. The highest BCUT2D eigenvalue weighted by Crippen LogP contribution is 2.55. The van der Waals surface area contributed by atoms with Crippen LogP contribution in [0.3, 0.4) is 0 Å². The van der Waals surface area contributed by atoms with E-state index >= 15 is 0 Å². The summed E-state index contributed by atoms with van der Waals surface area (Å²) >= 11 is 3.54. The quantitative estimate of drug-likeness (QED) is 0.242. The maximum absolute atomic E-state index is 13.6. The van der Waals surface area contributed by atoms with Crippen LogP contribution < -0.4 is 10.1 Å². The average molecular weight is 585 g/mol. The number of carbonyl (C=O) groups is 1. The largest absolute Gasteiger partial charge is 0.489 e. The third-order valence-corrected chi connectivity index (χ3v) is 9.68. The summed E-state index contributed by atoms with van der Waals surface area (Å²) in [6.45, 7) is 1.23. The first kappa shape index (κ1) is 24.9. The Morgan fingerprint density at radius 1 is 0.949 bits per heavy atom. The van der Waals surface area contributed by atoms with Crippen molar-refractivity contribution in [2.75, 3.05) is 0 Å². The van der Waals surface area contributed by atoms with Crippen LogP contribution in [0.2, 0.25) is 0 Å². The number of carbonyl (C=O) groups excluding carboxylic acids is 1. The number of amides is 1. The summed E-state index contributed by atoms with van der Waals surface area (Å²) in [7, 11) is 0. The van der Waals surface area contributed by atoms with E-state index in [-0.39, 0.29) is 11.4 Å². The molecule has 2 heterocycles. The van der Waals surface area contributed by atoms with Gasteiger partial charge in [-0.15, -0.1) is 0 Å². The van der Waals surface area contributed by atoms with Crippen molar-refractivity contribution in [2.45, 2.75) is 63.6 Å². The number of halogens is 1.